The molecule has 1 aliphatic rings. The fourth-order valence-corrected chi connectivity index (χ4v) is 2.18. The first-order chi connectivity index (χ1) is 10.3. The zero-order valence-corrected chi connectivity index (χ0v) is 11.9. The van der Waals surface area contributed by atoms with Crippen molar-refractivity contribution in [2.75, 3.05) is 13.7 Å². The average molecular weight is 286 g/mol. The molecule has 110 valence electrons. The van der Waals surface area contributed by atoms with Gasteiger partial charge in [-0.25, -0.2) is 0 Å². The van der Waals surface area contributed by atoms with Crippen LogP contribution in [-0.2, 0) is 11.3 Å². The van der Waals surface area contributed by atoms with E-state index in [4.69, 9.17) is 14.2 Å². The van der Waals surface area contributed by atoms with E-state index in [0.29, 0.717) is 24.7 Å². The Bertz CT molecular complexity index is 593. The highest BCUT2D eigenvalue weighted by atomic mass is 16.6. The molecule has 0 saturated carbocycles. The van der Waals surface area contributed by atoms with Gasteiger partial charge in [0.1, 0.15) is 18.8 Å². The number of rotatable bonds is 6. The minimum atomic E-state index is -0.609. The number of aliphatic hydroxyl groups excluding tert-OH is 1. The SMILES string of the molecule is COc1cc([C@H](O)[C@@H]2CO2)ccc1OCc1ccccc1. The van der Waals surface area contributed by atoms with E-state index in [9.17, 15) is 5.11 Å². The number of hydrogen-bond acceptors (Lipinski definition) is 4. The van der Waals surface area contributed by atoms with Crippen molar-refractivity contribution < 1.29 is 19.3 Å². The molecule has 0 aliphatic carbocycles. The van der Waals surface area contributed by atoms with E-state index in [-0.39, 0.29) is 6.10 Å². The summed E-state index contributed by atoms with van der Waals surface area (Å²) in [6.45, 7) is 1.08. The summed E-state index contributed by atoms with van der Waals surface area (Å²) in [5.41, 5.74) is 1.87. The quantitative estimate of drug-likeness (QED) is 0.830. The molecule has 1 heterocycles. The fraction of sp³-hybridized carbons (Fsp3) is 0.294. The van der Waals surface area contributed by atoms with Crippen LogP contribution < -0.4 is 9.47 Å². The molecule has 0 radical (unpaired) electrons. The zero-order valence-electron chi connectivity index (χ0n) is 11.9. The zero-order chi connectivity index (χ0) is 14.7. The van der Waals surface area contributed by atoms with E-state index in [2.05, 4.69) is 0 Å². The van der Waals surface area contributed by atoms with Gasteiger partial charge in [0, 0.05) is 0 Å². The van der Waals surface area contributed by atoms with Crippen LogP contribution in [0.3, 0.4) is 0 Å². The summed E-state index contributed by atoms with van der Waals surface area (Å²) in [6.07, 6.45) is -0.701. The Morgan fingerprint density at radius 2 is 1.95 bits per heavy atom. The highest BCUT2D eigenvalue weighted by molar-refractivity contribution is 5.44. The molecule has 4 nitrogen and oxygen atoms in total. The van der Waals surface area contributed by atoms with Crippen molar-refractivity contribution in [1.29, 1.82) is 0 Å². The van der Waals surface area contributed by atoms with Gasteiger partial charge in [0.15, 0.2) is 11.5 Å². The standard InChI is InChI=1S/C17H18O4/c1-19-15-9-13(17(18)16-11-21-16)7-8-14(15)20-10-12-5-3-2-4-6-12/h2-9,16-18H,10-11H2,1H3/t16-,17-/m0/s1. The first-order valence-corrected chi connectivity index (χ1v) is 6.92. The van der Waals surface area contributed by atoms with Gasteiger partial charge in [0.2, 0.25) is 0 Å². The number of ether oxygens (including phenoxy) is 3. The van der Waals surface area contributed by atoms with E-state index in [1.807, 2.05) is 42.5 Å². The van der Waals surface area contributed by atoms with Crippen LogP contribution in [0.4, 0.5) is 0 Å². The van der Waals surface area contributed by atoms with Gasteiger partial charge in [0.05, 0.1) is 13.7 Å². The third kappa shape index (κ3) is 3.35. The molecule has 0 aromatic heterocycles. The molecule has 2 aromatic carbocycles. The molecule has 1 aliphatic heterocycles. The molecule has 1 N–H and O–H groups in total. The van der Waals surface area contributed by atoms with Crippen LogP contribution in [0.5, 0.6) is 11.5 Å². The number of epoxide rings is 1. The summed E-state index contributed by atoms with van der Waals surface area (Å²) >= 11 is 0. The third-order valence-corrected chi connectivity index (χ3v) is 3.48. The van der Waals surface area contributed by atoms with Crippen LogP contribution in [-0.4, -0.2) is 24.9 Å². The van der Waals surface area contributed by atoms with Crippen LogP contribution in [0.25, 0.3) is 0 Å². The van der Waals surface area contributed by atoms with Crippen molar-refractivity contribution in [2.45, 2.75) is 18.8 Å². The predicted molar refractivity (Wildman–Crippen MR) is 78.5 cm³/mol. The predicted octanol–water partition coefficient (Wildman–Crippen LogP) is 2.71. The maximum atomic E-state index is 10.1. The van der Waals surface area contributed by atoms with Gasteiger partial charge in [-0.1, -0.05) is 36.4 Å². The van der Waals surface area contributed by atoms with Gasteiger partial charge >= 0.3 is 0 Å². The molecule has 21 heavy (non-hydrogen) atoms. The van der Waals surface area contributed by atoms with E-state index in [1.54, 1.807) is 13.2 Å². The number of aliphatic hydroxyl groups is 1. The molecule has 1 saturated heterocycles. The monoisotopic (exact) mass is 286 g/mol. The van der Waals surface area contributed by atoms with E-state index in [1.165, 1.54) is 0 Å². The molecule has 0 bridgehead atoms. The van der Waals surface area contributed by atoms with Crippen molar-refractivity contribution in [3.05, 3.63) is 59.7 Å². The summed E-state index contributed by atoms with van der Waals surface area (Å²) in [5.74, 6) is 1.28. The molecule has 0 spiro atoms. The average Bonchev–Trinajstić information content (AvgIpc) is 3.38. The molecule has 0 unspecified atom stereocenters. The number of hydrogen-bond donors (Lipinski definition) is 1. The Hall–Kier alpha value is -2.04. The Labute approximate surface area is 123 Å². The Balaban J connectivity index is 1.72. The van der Waals surface area contributed by atoms with Gasteiger partial charge in [-0.05, 0) is 23.3 Å². The molecular weight excluding hydrogens is 268 g/mol. The fourth-order valence-electron chi connectivity index (χ4n) is 2.18. The van der Waals surface area contributed by atoms with Crippen LogP contribution >= 0.6 is 0 Å². The third-order valence-electron chi connectivity index (χ3n) is 3.48. The number of methoxy groups -OCH3 is 1. The van der Waals surface area contributed by atoms with Gasteiger partial charge in [0.25, 0.3) is 0 Å². The topological polar surface area (TPSA) is 51.2 Å². The molecule has 0 amide bonds. The minimum Gasteiger partial charge on any atom is -0.493 e. The van der Waals surface area contributed by atoms with Crippen molar-refractivity contribution in [1.82, 2.24) is 0 Å². The molecule has 1 fully saturated rings. The van der Waals surface area contributed by atoms with Crippen LogP contribution in [0.2, 0.25) is 0 Å². The van der Waals surface area contributed by atoms with Gasteiger partial charge in [-0.15, -0.1) is 0 Å². The molecule has 4 heteroatoms. The Morgan fingerprint density at radius 3 is 2.62 bits per heavy atom. The van der Waals surface area contributed by atoms with Crippen molar-refractivity contribution >= 4 is 0 Å². The summed E-state index contributed by atoms with van der Waals surface area (Å²) in [7, 11) is 1.59. The highest BCUT2D eigenvalue weighted by Gasteiger charge is 2.32. The lowest BCUT2D eigenvalue weighted by Gasteiger charge is -2.14. The van der Waals surface area contributed by atoms with Crippen molar-refractivity contribution in [3.8, 4) is 11.5 Å². The van der Waals surface area contributed by atoms with Crippen LogP contribution in [0.15, 0.2) is 48.5 Å². The molecule has 2 aromatic rings. The van der Waals surface area contributed by atoms with E-state index in [0.717, 1.165) is 11.1 Å². The second-order valence-electron chi connectivity index (χ2n) is 5.00. The van der Waals surface area contributed by atoms with Crippen molar-refractivity contribution in [2.24, 2.45) is 0 Å². The van der Waals surface area contributed by atoms with Crippen LogP contribution in [0, 0.1) is 0 Å². The summed E-state index contributed by atoms with van der Waals surface area (Å²) in [6, 6.07) is 15.4. The number of benzene rings is 2. The Kier molecular flexibility index (Phi) is 4.08. The summed E-state index contributed by atoms with van der Waals surface area (Å²) < 4.78 is 16.2. The lowest BCUT2D eigenvalue weighted by Crippen LogP contribution is -2.06. The molecule has 2 atom stereocenters. The largest absolute Gasteiger partial charge is 0.493 e. The van der Waals surface area contributed by atoms with Gasteiger partial charge in [-0.2, -0.15) is 0 Å². The van der Waals surface area contributed by atoms with E-state index < -0.39 is 6.10 Å². The second-order valence-corrected chi connectivity index (χ2v) is 5.00. The first-order valence-electron chi connectivity index (χ1n) is 6.92. The molecule has 3 rings (SSSR count). The van der Waals surface area contributed by atoms with Gasteiger partial charge in [-0.3, -0.25) is 0 Å². The maximum Gasteiger partial charge on any atom is 0.161 e. The summed E-state index contributed by atoms with van der Waals surface area (Å²) in [4.78, 5) is 0. The minimum absolute atomic E-state index is 0.0919. The van der Waals surface area contributed by atoms with Crippen LogP contribution in [0.1, 0.15) is 17.2 Å². The first kappa shape index (κ1) is 13.9. The lowest BCUT2D eigenvalue weighted by molar-refractivity contribution is 0.136. The Morgan fingerprint density at radius 1 is 1.19 bits per heavy atom. The summed E-state index contributed by atoms with van der Waals surface area (Å²) in [5, 5.41) is 10.1. The molecular formula is C17H18O4. The van der Waals surface area contributed by atoms with Gasteiger partial charge < -0.3 is 19.3 Å². The lowest BCUT2D eigenvalue weighted by atomic mass is 10.1. The van der Waals surface area contributed by atoms with E-state index >= 15 is 0 Å². The smallest absolute Gasteiger partial charge is 0.161 e. The normalized spacial score (nSPS) is 18.1. The second kappa shape index (κ2) is 6.16. The van der Waals surface area contributed by atoms with Crippen molar-refractivity contribution in [3.63, 3.8) is 0 Å². The highest BCUT2D eigenvalue weighted by Crippen LogP contribution is 2.34. The maximum absolute atomic E-state index is 10.1.